The largest absolute Gasteiger partial charge is 0.466 e. The summed E-state index contributed by atoms with van der Waals surface area (Å²) in [5, 5.41) is 2.11. The summed E-state index contributed by atoms with van der Waals surface area (Å²) in [6.45, 7) is 2.65. The van der Waals surface area contributed by atoms with Gasteiger partial charge in [0.25, 0.3) is 23.3 Å². The molecule has 1 aromatic heterocycles. The molecule has 1 aromatic carbocycles. The molecule has 2 aromatic rings. The van der Waals surface area contributed by atoms with E-state index < -0.39 is 23.3 Å². The summed E-state index contributed by atoms with van der Waals surface area (Å²) in [4.78, 5) is 64.0. The van der Waals surface area contributed by atoms with Crippen molar-refractivity contribution < 1.29 is 23.9 Å². The molecule has 0 radical (unpaired) electrons. The van der Waals surface area contributed by atoms with Crippen LogP contribution in [0.3, 0.4) is 0 Å². The lowest BCUT2D eigenvalue weighted by atomic mass is 9.97. The molecular weight excluding hydrogens is 416 g/mol. The Morgan fingerprint density at radius 2 is 1.94 bits per heavy atom. The minimum absolute atomic E-state index is 0.0918. The smallest absolute Gasteiger partial charge is 0.310 e. The standard InChI is InChI=1S/C22H22N4O6/c1-2-32-22(31)12-6-5-9-25(11-12)21(30)13-7-3-4-8-15(13)26-16(27)10-14-17(18(26)23)20(29)24-19(14)28/h3-4,7-8,10,12H,2,5-6,9,11,23H2,1H3,(H,24,28,29). The average Bonchev–Trinajstić information content (AvgIpc) is 3.07. The SMILES string of the molecule is CCOC(=O)C1CCCN(C(=O)c2ccccc2-n2c(N)c3c(cc2=O)C(=O)NC3=O)C1. The summed E-state index contributed by atoms with van der Waals surface area (Å²) in [6, 6.07) is 7.40. The third-order valence-electron chi connectivity index (χ3n) is 5.66. The van der Waals surface area contributed by atoms with Gasteiger partial charge in [-0.3, -0.25) is 33.9 Å². The number of nitrogens with one attached hydrogen (secondary N) is 1. The van der Waals surface area contributed by atoms with Crippen molar-refractivity contribution in [3.8, 4) is 5.69 Å². The van der Waals surface area contributed by atoms with Gasteiger partial charge in [0.15, 0.2) is 0 Å². The molecule has 1 unspecified atom stereocenters. The molecule has 1 saturated heterocycles. The first kappa shape index (κ1) is 21.3. The number of para-hydroxylation sites is 1. The van der Waals surface area contributed by atoms with E-state index in [1.54, 1.807) is 36.1 Å². The number of likely N-dealkylation sites (tertiary alicyclic amines) is 1. The Hall–Kier alpha value is -3.95. The Labute approximate surface area is 182 Å². The van der Waals surface area contributed by atoms with E-state index in [0.717, 1.165) is 10.6 Å². The maximum Gasteiger partial charge on any atom is 0.310 e. The van der Waals surface area contributed by atoms with Crippen molar-refractivity contribution in [3.05, 3.63) is 57.4 Å². The minimum Gasteiger partial charge on any atom is -0.466 e. The molecule has 32 heavy (non-hydrogen) atoms. The summed E-state index contributed by atoms with van der Waals surface area (Å²) >= 11 is 0. The number of nitrogens with zero attached hydrogens (tertiary/aromatic N) is 2. The zero-order chi connectivity index (χ0) is 23.0. The van der Waals surface area contributed by atoms with Crippen LogP contribution in [0.15, 0.2) is 35.1 Å². The predicted molar refractivity (Wildman–Crippen MR) is 114 cm³/mol. The molecule has 3 N–H and O–H groups in total. The molecule has 0 aliphatic carbocycles. The van der Waals surface area contributed by atoms with E-state index in [2.05, 4.69) is 5.32 Å². The number of imide groups is 1. The molecule has 2 aliphatic rings. The van der Waals surface area contributed by atoms with Crippen molar-refractivity contribution in [2.45, 2.75) is 19.8 Å². The fourth-order valence-electron chi connectivity index (χ4n) is 4.16. The number of nitrogens with two attached hydrogens (primary N) is 1. The summed E-state index contributed by atoms with van der Waals surface area (Å²) in [7, 11) is 0. The predicted octanol–water partition coefficient (Wildman–Crippen LogP) is 0.719. The van der Waals surface area contributed by atoms with Gasteiger partial charge in [0.2, 0.25) is 0 Å². The first-order valence-electron chi connectivity index (χ1n) is 10.3. The number of benzene rings is 1. The maximum absolute atomic E-state index is 13.4. The van der Waals surface area contributed by atoms with Crippen molar-refractivity contribution in [3.63, 3.8) is 0 Å². The number of carbonyl (C=O) groups excluding carboxylic acids is 4. The van der Waals surface area contributed by atoms with E-state index in [0.29, 0.717) is 19.4 Å². The molecular formula is C22H22N4O6. The van der Waals surface area contributed by atoms with Crippen LogP contribution >= 0.6 is 0 Å². The van der Waals surface area contributed by atoms with Gasteiger partial charge in [-0.2, -0.15) is 0 Å². The Bertz CT molecular complexity index is 1200. The molecule has 0 bridgehead atoms. The van der Waals surface area contributed by atoms with Gasteiger partial charge in [-0.25, -0.2) is 0 Å². The van der Waals surface area contributed by atoms with E-state index >= 15 is 0 Å². The number of nitrogen functional groups attached to an aromatic ring is 1. The van der Waals surface area contributed by atoms with E-state index in [-0.39, 0.29) is 53.2 Å². The third kappa shape index (κ3) is 3.53. The van der Waals surface area contributed by atoms with Crippen LogP contribution in [0.1, 0.15) is 50.8 Å². The van der Waals surface area contributed by atoms with Crippen molar-refractivity contribution >= 4 is 29.5 Å². The zero-order valence-electron chi connectivity index (χ0n) is 17.4. The summed E-state index contributed by atoms with van der Waals surface area (Å²) < 4.78 is 6.15. The van der Waals surface area contributed by atoms with E-state index in [1.807, 2.05) is 0 Å². The van der Waals surface area contributed by atoms with Gasteiger partial charge in [0.05, 0.1) is 34.9 Å². The number of hydrogen-bond acceptors (Lipinski definition) is 7. The molecule has 166 valence electrons. The average molecular weight is 438 g/mol. The number of anilines is 1. The van der Waals surface area contributed by atoms with Gasteiger partial charge >= 0.3 is 5.97 Å². The first-order chi connectivity index (χ1) is 15.3. The van der Waals surface area contributed by atoms with E-state index in [1.165, 1.54) is 0 Å². The van der Waals surface area contributed by atoms with Crippen LogP contribution < -0.4 is 16.6 Å². The van der Waals surface area contributed by atoms with Gasteiger partial charge in [0.1, 0.15) is 5.82 Å². The molecule has 1 atom stereocenters. The topological polar surface area (TPSA) is 141 Å². The Kier molecular flexibility index (Phi) is 5.52. The Balaban J connectivity index is 1.74. The number of amides is 3. The highest BCUT2D eigenvalue weighted by Crippen LogP contribution is 2.26. The van der Waals surface area contributed by atoms with Crippen LogP contribution in [0.25, 0.3) is 5.69 Å². The van der Waals surface area contributed by atoms with Crippen molar-refractivity contribution in [1.82, 2.24) is 14.8 Å². The molecule has 4 rings (SSSR count). The monoisotopic (exact) mass is 438 g/mol. The molecule has 0 saturated carbocycles. The Morgan fingerprint density at radius 1 is 1.19 bits per heavy atom. The summed E-state index contributed by atoms with van der Waals surface area (Å²) in [6.07, 6.45) is 1.27. The highest BCUT2D eigenvalue weighted by Gasteiger charge is 2.34. The van der Waals surface area contributed by atoms with Gasteiger partial charge in [-0.1, -0.05) is 12.1 Å². The second-order valence-corrected chi connectivity index (χ2v) is 7.63. The lowest BCUT2D eigenvalue weighted by Gasteiger charge is -2.32. The van der Waals surface area contributed by atoms with E-state index in [9.17, 15) is 24.0 Å². The number of carbonyl (C=O) groups is 4. The summed E-state index contributed by atoms with van der Waals surface area (Å²) in [5.74, 6) is -2.74. The fourth-order valence-corrected chi connectivity index (χ4v) is 4.16. The van der Waals surface area contributed by atoms with Crippen molar-refractivity contribution in [2.75, 3.05) is 25.4 Å². The van der Waals surface area contributed by atoms with Gasteiger partial charge in [-0.05, 0) is 31.9 Å². The maximum atomic E-state index is 13.4. The quantitative estimate of drug-likeness (QED) is 0.529. The third-order valence-corrected chi connectivity index (χ3v) is 5.66. The molecule has 1 fully saturated rings. The van der Waals surface area contributed by atoms with Crippen LogP contribution in [0, 0.1) is 5.92 Å². The first-order valence-corrected chi connectivity index (χ1v) is 10.3. The van der Waals surface area contributed by atoms with Crippen LogP contribution in [-0.2, 0) is 9.53 Å². The number of ether oxygens (including phenoxy) is 1. The van der Waals surface area contributed by atoms with Gasteiger partial charge in [0, 0.05) is 19.2 Å². The lowest BCUT2D eigenvalue weighted by Crippen LogP contribution is -2.43. The Morgan fingerprint density at radius 3 is 2.69 bits per heavy atom. The van der Waals surface area contributed by atoms with Gasteiger partial charge in [-0.15, -0.1) is 0 Å². The second-order valence-electron chi connectivity index (χ2n) is 7.63. The highest BCUT2D eigenvalue weighted by atomic mass is 16.5. The number of rotatable bonds is 4. The van der Waals surface area contributed by atoms with Gasteiger partial charge < -0.3 is 15.4 Å². The normalized spacial score (nSPS) is 17.7. The van der Waals surface area contributed by atoms with Crippen LogP contribution in [0.5, 0.6) is 0 Å². The van der Waals surface area contributed by atoms with Crippen LogP contribution in [0.2, 0.25) is 0 Å². The van der Waals surface area contributed by atoms with Crippen LogP contribution in [0.4, 0.5) is 5.82 Å². The molecule has 2 aliphatic heterocycles. The number of piperidine rings is 1. The summed E-state index contributed by atoms with van der Waals surface area (Å²) in [5.41, 5.74) is 5.67. The number of fused-ring (bicyclic) bond motifs is 1. The number of pyridine rings is 1. The lowest BCUT2D eigenvalue weighted by molar-refractivity contribution is -0.149. The van der Waals surface area contributed by atoms with E-state index in [4.69, 9.17) is 10.5 Å². The number of aromatic nitrogens is 1. The zero-order valence-corrected chi connectivity index (χ0v) is 17.4. The second kappa shape index (κ2) is 8.29. The van der Waals surface area contributed by atoms with Crippen LogP contribution in [-0.4, -0.2) is 52.9 Å². The number of esters is 1. The molecule has 10 heteroatoms. The molecule has 3 heterocycles. The molecule has 3 amide bonds. The molecule has 0 spiro atoms. The van der Waals surface area contributed by atoms with Crippen molar-refractivity contribution in [2.24, 2.45) is 5.92 Å². The molecule has 10 nitrogen and oxygen atoms in total. The number of hydrogen-bond donors (Lipinski definition) is 2. The highest BCUT2D eigenvalue weighted by molar-refractivity contribution is 6.23. The minimum atomic E-state index is -0.701. The van der Waals surface area contributed by atoms with Crippen molar-refractivity contribution in [1.29, 1.82) is 0 Å². The fraction of sp³-hybridized carbons (Fsp3) is 0.318.